The largest absolute Gasteiger partial charge is 0.472 e. The number of ether oxygens (including phenoxy) is 1. The summed E-state index contributed by atoms with van der Waals surface area (Å²) in [6, 6.07) is 8.04. The number of nitrogens with zero attached hydrogens (tertiary/aromatic N) is 1. The summed E-state index contributed by atoms with van der Waals surface area (Å²) in [5.41, 5.74) is 2.04. The third-order valence-electron chi connectivity index (χ3n) is 2.73. The zero-order valence-corrected chi connectivity index (χ0v) is 13.0. The maximum atomic E-state index is 5.94. The van der Waals surface area contributed by atoms with Gasteiger partial charge in [-0.1, -0.05) is 26.8 Å². The summed E-state index contributed by atoms with van der Waals surface area (Å²) in [6.45, 7) is 6.96. The van der Waals surface area contributed by atoms with E-state index in [-0.39, 0.29) is 5.41 Å². The minimum atomic E-state index is -0.0108. The van der Waals surface area contributed by atoms with Gasteiger partial charge in [0.2, 0.25) is 5.88 Å². The molecular weight excluding hydrogens is 278 g/mol. The van der Waals surface area contributed by atoms with Crippen LogP contribution in [-0.2, 0) is 17.9 Å². The summed E-state index contributed by atoms with van der Waals surface area (Å²) >= 11 is 7.62. The molecule has 0 spiro atoms. The number of pyridine rings is 1. The van der Waals surface area contributed by atoms with Crippen LogP contribution in [-0.4, -0.2) is 4.98 Å². The Kier molecular flexibility index (Phi) is 4.48. The van der Waals surface area contributed by atoms with E-state index in [1.54, 1.807) is 11.3 Å². The molecule has 0 aliphatic rings. The molecule has 0 amide bonds. The summed E-state index contributed by atoms with van der Waals surface area (Å²) < 4.78 is 5.77. The molecule has 0 aromatic carbocycles. The monoisotopic (exact) mass is 295 g/mol. The van der Waals surface area contributed by atoms with Crippen LogP contribution < -0.4 is 4.74 Å². The van der Waals surface area contributed by atoms with Crippen molar-refractivity contribution >= 4 is 22.9 Å². The van der Waals surface area contributed by atoms with Crippen molar-refractivity contribution in [3.63, 3.8) is 0 Å². The van der Waals surface area contributed by atoms with Crippen LogP contribution in [0.5, 0.6) is 5.88 Å². The molecule has 2 heterocycles. The second kappa shape index (κ2) is 5.93. The van der Waals surface area contributed by atoms with Gasteiger partial charge >= 0.3 is 0 Å². The minimum absolute atomic E-state index is 0.0108. The summed E-state index contributed by atoms with van der Waals surface area (Å²) in [4.78, 5) is 5.77. The lowest BCUT2D eigenvalue weighted by Crippen LogP contribution is -2.14. The first-order chi connectivity index (χ1) is 8.99. The van der Waals surface area contributed by atoms with Crippen LogP contribution in [0.2, 0.25) is 0 Å². The van der Waals surface area contributed by atoms with Crippen molar-refractivity contribution in [1.29, 1.82) is 0 Å². The molecule has 0 N–H and O–H groups in total. The van der Waals surface area contributed by atoms with E-state index < -0.39 is 0 Å². The van der Waals surface area contributed by atoms with Crippen LogP contribution in [0, 0.1) is 0 Å². The van der Waals surface area contributed by atoms with Crippen molar-refractivity contribution < 1.29 is 4.74 Å². The average Bonchev–Trinajstić information content (AvgIpc) is 2.88. The van der Waals surface area contributed by atoms with Crippen molar-refractivity contribution in [3.8, 4) is 5.88 Å². The van der Waals surface area contributed by atoms with Crippen LogP contribution in [0.3, 0.4) is 0 Å². The first-order valence-electron chi connectivity index (χ1n) is 6.21. The highest BCUT2D eigenvalue weighted by atomic mass is 35.5. The molecule has 0 bridgehead atoms. The lowest BCUT2D eigenvalue weighted by Gasteiger charge is -2.19. The predicted octanol–water partition coefficient (Wildman–Crippen LogP) is 4.76. The van der Waals surface area contributed by atoms with Crippen molar-refractivity contribution in [3.05, 3.63) is 45.8 Å². The maximum Gasteiger partial charge on any atom is 0.214 e. The van der Waals surface area contributed by atoms with Gasteiger partial charge in [0.15, 0.2) is 0 Å². The Morgan fingerprint density at radius 1 is 1.32 bits per heavy atom. The number of alkyl halides is 1. The maximum absolute atomic E-state index is 5.94. The van der Waals surface area contributed by atoms with Crippen molar-refractivity contribution in [2.24, 2.45) is 0 Å². The van der Waals surface area contributed by atoms with E-state index in [4.69, 9.17) is 16.3 Å². The van der Waals surface area contributed by atoms with Gasteiger partial charge in [-0.2, -0.15) is 0 Å². The molecule has 2 nitrogen and oxygen atoms in total. The first-order valence-corrected chi connectivity index (χ1v) is 7.63. The molecule has 0 aliphatic carbocycles. The lowest BCUT2D eigenvalue weighted by molar-refractivity contribution is 0.294. The van der Waals surface area contributed by atoms with Gasteiger partial charge in [0, 0.05) is 22.2 Å². The van der Waals surface area contributed by atoms with Crippen LogP contribution >= 0.6 is 22.9 Å². The Labute approximate surface area is 123 Å². The molecule has 0 atom stereocenters. The van der Waals surface area contributed by atoms with Crippen LogP contribution in [0.15, 0.2) is 29.6 Å². The molecule has 2 rings (SSSR count). The topological polar surface area (TPSA) is 22.1 Å². The Bertz CT molecular complexity index is 532. The molecule has 2 aromatic heterocycles. The minimum Gasteiger partial charge on any atom is -0.472 e. The summed E-state index contributed by atoms with van der Waals surface area (Å²) in [5, 5.41) is 2.04. The highest BCUT2D eigenvalue weighted by molar-refractivity contribution is 7.09. The van der Waals surface area contributed by atoms with Gasteiger partial charge in [-0.15, -0.1) is 22.9 Å². The van der Waals surface area contributed by atoms with Gasteiger partial charge in [0.25, 0.3) is 0 Å². The van der Waals surface area contributed by atoms with Gasteiger partial charge in [-0.05, 0) is 23.1 Å². The summed E-state index contributed by atoms with van der Waals surface area (Å²) in [6.07, 6.45) is 0. The van der Waals surface area contributed by atoms with E-state index in [1.807, 2.05) is 23.6 Å². The molecule has 0 saturated carbocycles. The average molecular weight is 296 g/mol. The fourth-order valence-electron chi connectivity index (χ4n) is 1.63. The lowest BCUT2D eigenvalue weighted by atomic mass is 9.91. The number of halogens is 1. The third-order valence-corrected chi connectivity index (χ3v) is 3.89. The number of hydrogen-bond acceptors (Lipinski definition) is 3. The molecule has 0 radical (unpaired) electrons. The Morgan fingerprint density at radius 2 is 2.11 bits per heavy atom. The standard InChI is InChI=1S/C15H18ClNOS/c1-15(2,3)13-7-11(9-16)8-14(17-13)18-10-12-5-4-6-19-12/h4-8H,9-10H2,1-3H3. The van der Waals surface area contributed by atoms with E-state index in [0.29, 0.717) is 18.4 Å². The Hall–Kier alpha value is -1.06. The normalized spacial score (nSPS) is 11.6. The van der Waals surface area contributed by atoms with E-state index in [1.165, 1.54) is 4.88 Å². The quantitative estimate of drug-likeness (QED) is 0.759. The summed E-state index contributed by atoms with van der Waals surface area (Å²) in [7, 11) is 0. The smallest absolute Gasteiger partial charge is 0.214 e. The fraction of sp³-hybridized carbons (Fsp3) is 0.400. The molecule has 0 fully saturated rings. The third kappa shape index (κ3) is 3.95. The van der Waals surface area contributed by atoms with E-state index in [9.17, 15) is 0 Å². The van der Waals surface area contributed by atoms with Crippen molar-refractivity contribution in [1.82, 2.24) is 4.98 Å². The number of rotatable bonds is 4. The van der Waals surface area contributed by atoms with Gasteiger partial charge in [0.05, 0.1) is 5.69 Å². The van der Waals surface area contributed by atoms with Gasteiger partial charge in [-0.3, -0.25) is 0 Å². The Morgan fingerprint density at radius 3 is 2.68 bits per heavy atom. The predicted molar refractivity (Wildman–Crippen MR) is 81.1 cm³/mol. The van der Waals surface area contributed by atoms with E-state index in [0.717, 1.165) is 11.3 Å². The Balaban J connectivity index is 2.19. The highest BCUT2D eigenvalue weighted by Crippen LogP contribution is 2.25. The van der Waals surface area contributed by atoms with Crippen molar-refractivity contribution in [2.45, 2.75) is 38.7 Å². The van der Waals surface area contributed by atoms with Gasteiger partial charge < -0.3 is 4.74 Å². The van der Waals surface area contributed by atoms with Crippen LogP contribution in [0.1, 0.15) is 36.9 Å². The fourth-order valence-corrected chi connectivity index (χ4v) is 2.40. The molecule has 19 heavy (non-hydrogen) atoms. The molecule has 2 aromatic rings. The van der Waals surface area contributed by atoms with E-state index in [2.05, 4.69) is 31.8 Å². The number of aromatic nitrogens is 1. The van der Waals surface area contributed by atoms with Crippen LogP contribution in [0.25, 0.3) is 0 Å². The summed E-state index contributed by atoms with van der Waals surface area (Å²) in [5.74, 6) is 1.12. The first kappa shape index (κ1) is 14.4. The molecular formula is C15H18ClNOS. The molecule has 102 valence electrons. The highest BCUT2D eigenvalue weighted by Gasteiger charge is 2.17. The molecule has 0 unspecified atom stereocenters. The van der Waals surface area contributed by atoms with Gasteiger partial charge in [-0.25, -0.2) is 4.98 Å². The van der Waals surface area contributed by atoms with Crippen LogP contribution in [0.4, 0.5) is 0 Å². The molecule has 0 aliphatic heterocycles. The zero-order valence-electron chi connectivity index (χ0n) is 11.4. The second-order valence-electron chi connectivity index (χ2n) is 5.45. The van der Waals surface area contributed by atoms with E-state index >= 15 is 0 Å². The SMILES string of the molecule is CC(C)(C)c1cc(CCl)cc(OCc2cccs2)n1. The number of hydrogen-bond donors (Lipinski definition) is 0. The van der Waals surface area contributed by atoms with Gasteiger partial charge in [0.1, 0.15) is 6.61 Å². The number of thiophene rings is 1. The molecule has 4 heteroatoms. The second-order valence-corrected chi connectivity index (χ2v) is 6.75. The molecule has 0 saturated heterocycles. The zero-order chi connectivity index (χ0) is 13.9. The van der Waals surface area contributed by atoms with Crippen molar-refractivity contribution in [2.75, 3.05) is 0 Å².